The molecule has 0 bridgehead atoms. The van der Waals surface area contributed by atoms with Gasteiger partial charge in [-0.2, -0.15) is 0 Å². The van der Waals surface area contributed by atoms with Gasteiger partial charge in [-0.3, -0.25) is 14.4 Å². The molecular formula is C74H132O6. The van der Waals surface area contributed by atoms with Gasteiger partial charge in [0.15, 0.2) is 6.10 Å². The lowest BCUT2D eigenvalue weighted by Gasteiger charge is -2.18. The van der Waals surface area contributed by atoms with Gasteiger partial charge in [-0.25, -0.2) is 0 Å². The van der Waals surface area contributed by atoms with Crippen LogP contribution in [0.2, 0.25) is 0 Å². The van der Waals surface area contributed by atoms with E-state index in [4.69, 9.17) is 14.2 Å². The summed E-state index contributed by atoms with van der Waals surface area (Å²) < 4.78 is 17.0. The van der Waals surface area contributed by atoms with Crippen molar-refractivity contribution in [2.75, 3.05) is 13.2 Å². The van der Waals surface area contributed by atoms with Crippen LogP contribution >= 0.6 is 0 Å². The SMILES string of the molecule is CC/C=C\C/C=C\C/C=C\C/C=C\C/C=C\CCCCCCCCCCCCCC(=O)OCC(COC(=O)CCCCCCC/C=C\CCCCCCC)OC(=O)CCCCCCCCCCCCCCCCCCCCCCC. The first-order valence-electron chi connectivity index (χ1n) is 34.9. The van der Waals surface area contributed by atoms with Crippen molar-refractivity contribution in [1.82, 2.24) is 0 Å². The van der Waals surface area contributed by atoms with Gasteiger partial charge < -0.3 is 14.2 Å². The molecule has 1 atom stereocenters. The summed E-state index contributed by atoms with van der Waals surface area (Å²) in [5.41, 5.74) is 0. The van der Waals surface area contributed by atoms with Gasteiger partial charge in [0.2, 0.25) is 0 Å². The summed E-state index contributed by atoms with van der Waals surface area (Å²) in [6.45, 7) is 6.57. The molecule has 0 aromatic heterocycles. The topological polar surface area (TPSA) is 78.9 Å². The lowest BCUT2D eigenvalue weighted by molar-refractivity contribution is -0.167. The van der Waals surface area contributed by atoms with E-state index >= 15 is 0 Å². The first kappa shape index (κ1) is 76.9. The molecule has 0 aliphatic carbocycles. The molecule has 0 radical (unpaired) electrons. The van der Waals surface area contributed by atoms with Crippen LogP contribution < -0.4 is 0 Å². The maximum absolute atomic E-state index is 13.0. The lowest BCUT2D eigenvalue weighted by atomic mass is 10.0. The Hall–Kier alpha value is -3.15. The summed E-state index contributed by atoms with van der Waals surface area (Å²) in [7, 11) is 0. The minimum absolute atomic E-state index is 0.0755. The van der Waals surface area contributed by atoms with E-state index in [1.54, 1.807) is 0 Å². The summed E-state index contributed by atoms with van der Waals surface area (Å²) in [6.07, 6.45) is 89.2. The van der Waals surface area contributed by atoms with Gasteiger partial charge in [0, 0.05) is 19.3 Å². The summed E-state index contributed by atoms with van der Waals surface area (Å²) in [6, 6.07) is 0. The standard InChI is InChI=1S/C74H132O6/c1-4-7-10-13-16-19-22-25-28-30-32-34-35-36-37-38-39-41-42-44-46-49-52-55-58-61-64-67-73(76)79-70-71(69-78-72(75)66-63-60-57-54-51-48-27-24-21-18-15-12-9-6-3)80-74(77)68-65-62-59-56-53-50-47-45-43-40-33-31-29-26-23-20-17-14-11-8-5-2/h7,10,16,19,24-25,27-28,32,34,36-37,71H,4-6,8-9,11-15,17-18,20-23,26,29-31,33,35,38-70H2,1-3H3/b10-7-,19-16-,27-24-,28-25-,34-32-,37-36-. The molecule has 0 fully saturated rings. The average Bonchev–Trinajstić information content (AvgIpc) is 3.46. The zero-order valence-electron chi connectivity index (χ0n) is 53.3. The van der Waals surface area contributed by atoms with E-state index in [0.29, 0.717) is 19.3 Å². The molecular weight excluding hydrogens is 985 g/mol. The Balaban J connectivity index is 4.28. The van der Waals surface area contributed by atoms with E-state index in [-0.39, 0.29) is 31.1 Å². The number of carbonyl (C=O) groups excluding carboxylic acids is 3. The van der Waals surface area contributed by atoms with Gasteiger partial charge in [0.1, 0.15) is 13.2 Å². The second-order valence-electron chi connectivity index (χ2n) is 23.4. The van der Waals surface area contributed by atoms with Crippen LogP contribution in [0.3, 0.4) is 0 Å². The van der Waals surface area contributed by atoms with Crippen molar-refractivity contribution in [1.29, 1.82) is 0 Å². The third-order valence-corrected chi connectivity index (χ3v) is 15.4. The maximum Gasteiger partial charge on any atom is 0.306 e. The molecule has 1 unspecified atom stereocenters. The number of hydrogen-bond acceptors (Lipinski definition) is 6. The first-order chi connectivity index (χ1) is 39.5. The van der Waals surface area contributed by atoms with Crippen LogP contribution in [-0.4, -0.2) is 37.2 Å². The van der Waals surface area contributed by atoms with E-state index in [9.17, 15) is 14.4 Å². The average molecular weight is 1120 g/mol. The van der Waals surface area contributed by atoms with Crippen molar-refractivity contribution in [2.24, 2.45) is 0 Å². The molecule has 0 heterocycles. The smallest absolute Gasteiger partial charge is 0.306 e. The van der Waals surface area contributed by atoms with Crippen molar-refractivity contribution >= 4 is 17.9 Å². The van der Waals surface area contributed by atoms with E-state index in [1.165, 1.54) is 225 Å². The Kier molecular flexibility index (Phi) is 65.7. The van der Waals surface area contributed by atoms with Gasteiger partial charge in [-0.15, -0.1) is 0 Å². The zero-order valence-corrected chi connectivity index (χ0v) is 53.3. The van der Waals surface area contributed by atoms with Gasteiger partial charge in [0.25, 0.3) is 0 Å². The second kappa shape index (κ2) is 68.3. The number of rotatable bonds is 64. The molecule has 0 aromatic carbocycles. The van der Waals surface area contributed by atoms with E-state index in [0.717, 1.165) is 96.3 Å². The predicted molar refractivity (Wildman–Crippen MR) is 348 cm³/mol. The monoisotopic (exact) mass is 1120 g/mol. The van der Waals surface area contributed by atoms with Crippen molar-refractivity contribution in [2.45, 2.75) is 367 Å². The van der Waals surface area contributed by atoms with Crippen LogP contribution in [-0.2, 0) is 28.6 Å². The molecule has 80 heavy (non-hydrogen) atoms. The fraction of sp³-hybridized carbons (Fsp3) is 0.797. The molecule has 0 saturated heterocycles. The zero-order chi connectivity index (χ0) is 57.8. The Labute approximate surface area is 497 Å². The molecule has 0 aliphatic heterocycles. The number of unbranched alkanes of at least 4 members (excludes halogenated alkanes) is 41. The van der Waals surface area contributed by atoms with E-state index in [2.05, 4.69) is 93.7 Å². The summed E-state index contributed by atoms with van der Waals surface area (Å²) in [4.78, 5) is 38.4. The maximum atomic E-state index is 13.0. The van der Waals surface area contributed by atoms with Gasteiger partial charge >= 0.3 is 17.9 Å². The van der Waals surface area contributed by atoms with Crippen molar-refractivity contribution < 1.29 is 28.6 Å². The summed E-state index contributed by atoms with van der Waals surface area (Å²) in [5, 5.41) is 0. The molecule has 6 nitrogen and oxygen atoms in total. The Morgan fingerprint density at radius 1 is 0.263 bits per heavy atom. The largest absolute Gasteiger partial charge is 0.462 e. The molecule has 0 spiro atoms. The molecule has 0 aliphatic rings. The lowest BCUT2D eigenvalue weighted by Crippen LogP contribution is -2.30. The molecule has 464 valence electrons. The van der Waals surface area contributed by atoms with Gasteiger partial charge in [-0.1, -0.05) is 325 Å². The quantitative estimate of drug-likeness (QED) is 0.0261. The summed E-state index contributed by atoms with van der Waals surface area (Å²) in [5.74, 6) is -0.864. The number of ether oxygens (including phenoxy) is 3. The third-order valence-electron chi connectivity index (χ3n) is 15.4. The highest BCUT2D eigenvalue weighted by molar-refractivity contribution is 5.71. The van der Waals surface area contributed by atoms with E-state index < -0.39 is 6.10 Å². The third kappa shape index (κ3) is 65.7. The van der Waals surface area contributed by atoms with Crippen LogP contribution in [0.1, 0.15) is 361 Å². The van der Waals surface area contributed by atoms with E-state index in [1.807, 2.05) is 0 Å². The Morgan fingerprint density at radius 2 is 0.487 bits per heavy atom. The van der Waals surface area contributed by atoms with Crippen LogP contribution in [0.25, 0.3) is 0 Å². The van der Waals surface area contributed by atoms with Crippen molar-refractivity contribution in [3.05, 3.63) is 72.9 Å². The van der Waals surface area contributed by atoms with Crippen LogP contribution in [0.15, 0.2) is 72.9 Å². The molecule has 0 saturated carbocycles. The molecule has 0 rings (SSSR count). The highest BCUT2D eigenvalue weighted by atomic mass is 16.6. The minimum Gasteiger partial charge on any atom is -0.462 e. The number of esters is 3. The number of carbonyl (C=O) groups is 3. The van der Waals surface area contributed by atoms with Crippen LogP contribution in [0.4, 0.5) is 0 Å². The number of hydrogen-bond donors (Lipinski definition) is 0. The first-order valence-corrected chi connectivity index (χ1v) is 34.9. The van der Waals surface area contributed by atoms with Crippen molar-refractivity contribution in [3.8, 4) is 0 Å². The van der Waals surface area contributed by atoms with Crippen molar-refractivity contribution in [3.63, 3.8) is 0 Å². The minimum atomic E-state index is -0.779. The molecule has 0 N–H and O–H groups in total. The fourth-order valence-corrected chi connectivity index (χ4v) is 10.2. The molecule has 0 aromatic rings. The molecule has 0 amide bonds. The Bertz CT molecular complexity index is 1470. The second-order valence-corrected chi connectivity index (χ2v) is 23.4. The molecule has 6 heteroatoms. The predicted octanol–water partition coefficient (Wildman–Crippen LogP) is 24.1. The van der Waals surface area contributed by atoms with Crippen LogP contribution in [0, 0.1) is 0 Å². The number of allylic oxidation sites excluding steroid dienone is 12. The normalized spacial score (nSPS) is 12.5. The summed E-state index contributed by atoms with van der Waals surface area (Å²) >= 11 is 0. The van der Waals surface area contributed by atoms with Gasteiger partial charge in [-0.05, 0) is 89.9 Å². The highest BCUT2D eigenvalue weighted by Gasteiger charge is 2.19. The Morgan fingerprint density at radius 3 is 0.775 bits per heavy atom. The fourth-order valence-electron chi connectivity index (χ4n) is 10.2. The van der Waals surface area contributed by atoms with Gasteiger partial charge in [0.05, 0.1) is 0 Å². The highest BCUT2D eigenvalue weighted by Crippen LogP contribution is 2.18. The van der Waals surface area contributed by atoms with Crippen LogP contribution in [0.5, 0.6) is 0 Å².